The molecule has 2 aliphatic carbocycles. The molecule has 0 amide bonds. The number of allylic oxidation sites excluding steroid dienone is 7. The van der Waals surface area contributed by atoms with Crippen LogP contribution in [0, 0.1) is 49.4 Å². The fourth-order valence-corrected chi connectivity index (χ4v) is 8.42. The van der Waals surface area contributed by atoms with Gasteiger partial charge in [0.05, 0.1) is 23.6 Å². The highest BCUT2D eigenvalue weighted by Crippen LogP contribution is 2.47. The van der Waals surface area contributed by atoms with E-state index in [1.807, 2.05) is 36.4 Å². The Morgan fingerprint density at radius 2 is 1.37 bits per heavy atom. The van der Waals surface area contributed by atoms with Gasteiger partial charge in [0.15, 0.2) is 0 Å². The predicted molar refractivity (Wildman–Crippen MR) is 239 cm³/mol. The fourth-order valence-electron chi connectivity index (χ4n) is 8.42. The summed E-state index contributed by atoms with van der Waals surface area (Å²) in [6, 6.07) is 41.1. The highest BCUT2D eigenvalue weighted by atomic mass is 15.2. The standard InChI is InChI=1S/C53H50N4/c1-8-48-50(49-31-46(24-19-38(49)4)56(44-16-11-13-36(2)29-44)42-25-20-40(34-54)21-26-42)32-47(33-52(48)53(6,7)51-18-10-9-15-39(51)5)57(45-17-12-14-37(3)30-45)43-27-22-41(35-55)23-28-43/h8,10-14,16-22,24-33,41H,1,9,15,23H2,2-7H3. The van der Waals surface area contributed by atoms with Crippen LogP contribution >= 0.6 is 0 Å². The van der Waals surface area contributed by atoms with Crippen LogP contribution in [0.4, 0.5) is 28.4 Å². The number of benzene rings is 5. The van der Waals surface area contributed by atoms with Crippen LogP contribution in [0.25, 0.3) is 17.2 Å². The first kappa shape index (κ1) is 38.6. The number of hydrogen-bond donors (Lipinski definition) is 0. The summed E-state index contributed by atoms with van der Waals surface area (Å²) < 4.78 is 0. The molecule has 0 radical (unpaired) electrons. The summed E-state index contributed by atoms with van der Waals surface area (Å²) in [4.78, 5) is 4.61. The summed E-state index contributed by atoms with van der Waals surface area (Å²) in [5, 5.41) is 19.4. The average Bonchev–Trinajstić information content (AvgIpc) is 3.22. The zero-order valence-corrected chi connectivity index (χ0v) is 34.0. The molecule has 0 bridgehead atoms. The first-order chi connectivity index (χ1) is 27.5. The highest BCUT2D eigenvalue weighted by molar-refractivity contribution is 5.88. The van der Waals surface area contributed by atoms with E-state index in [0.717, 1.165) is 74.8 Å². The molecule has 4 heteroatoms. The minimum absolute atomic E-state index is 0.146. The average molecular weight is 743 g/mol. The minimum atomic E-state index is -0.349. The third kappa shape index (κ3) is 7.78. The van der Waals surface area contributed by atoms with Gasteiger partial charge in [-0.3, -0.25) is 0 Å². The molecule has 0 heterocycles. The van der Waals surface area contributed by atoms with Crippen molar-refractivity contribution in [1.29, 1.82) is 10.5 Å². The van der Waals surface area contributed by atoms with Gasteiger partial charge < -0.3 is 9.80 Å². The number of rotatable bonds is 10. The molecule has 1 atom stereocenters. The summed E-state index contributed by atoms with van der Waals surface area (Å²) in [7, 11) is 0. The van der Waals surface area contributed by atoms with E-state index in [0.29, 0.717) is 12.0 Å². The molecule has 5 aromatic carbocycles. The lowest BCUT2D eigenvalue weighted by Crippen LogP contribution is -2.25. The fraction of sp³-hybridized carbons (Fsp3) is 0.208. The summed E-state index contributed by atoms with van der Waals surface area (Å²) in [6.45, 7) is 17.9. The summed E-state index contributed by atoms with van der Waals surface area (Å²) in [6.07, 6.45) is 15.8. The maximum Gasteiger partial charge on any atom is 0.0991 e. The van der Waals surface area contributed by atoms with Crippen molar-refractivity contribution in [2.75, 3.05) is 9.80 Å². The number of aryl methyl sites for hydroxylation is 3. The van der Waals surface area contributed by atoms with Crippen molar-refractivity contribution >= 4 is 34.5 Å². The molecule has 57 heavy (non-hydrogen) atoms. The van der Waals surface area contributed by atoms with Gasteiger partial charge in [-0.05, 0) is 170 Å². The van der Waals surface area contributed by atoms with Gasteiger partial charge in [-0.25, -0.2) is 0 Å². The molecule has 0 aromatic heterocycles. The van der Waals surface area contributed by atoms with Crippen molar-refractivity contribution in [3.05, 3.63) is 190 Å². The van der Waals surface area contributed by atoms with Crippen LogP contribution in [0.3, 0.4) is 0 Å². The van der Waals surface area contributed by atoms with Gasteiger partial charge in [-0.1, -0.05) is 86.7 Å². The first-order valence-corrected chi connectivity index (χ1v) is 19.8. The van der Waals surface area contributed by atoms with Crippen LogP contribution in [0.15, 0.2) is 157 Å². The van der Waals surface area contributed by atoms with Gasteiger partial charge in [-0.15, -0.1) is 0 Å². The van der Waals surface area contributed by atoms with Gasteiger partial charge >= 0.3 is 0 Å². The van der Waals surface area contributed by atoms with Gasteiger partial charge in [-0.2, -0.15) is 10.5 Å². The van der Waals surface area contributed by atoms with Gasteiger partial charge in [0.1, 0.15) is 0 Å². The Hall–Kier alpha value is -6.62. The van der Waals surface area contributed by atoms with E-state index in [4.69, 9.17) is 0 Å². The first-order valence-electron chi connectivity index (χ1n) is 19.8. The Balaban J connectivity index is 1.52. The zero-order valence-electron chi connectivity index (χ0n) is 34.0. The van der Waals surface area contributed by atoms with Crippen LogP contribution in [-0.4, -0.2) is 0 Å². The van der Waals surface area contributed by atoms with E-state index in [1.54, 1.807) is 0 Å². The van der Waals surface area contributed by atoms with Crippen molar-refractivity contribution in [2.24, 2.45) is 5.92 Å². The predicted octanol–water partition coefficient (Wildman–Crippen LogP) is 14.3. The Morgan fingerprint density at radius 1 is 0.719 bits per heavy atom. The second-order valence-electron chi connectivity index (χ2n) is 15.9. The smallest absolute Gasteiger partial charge is 0.0991 e. The molecule has 0 N–H and O–H groups in total. The molecule has 0 saturated heterocycles. The zero-order chi connectivity index (χ0) is 40.3. The monoisotopic (exact) mass is 742 g/mol. The lowest BCUT2D eigenvalue weighted by Gasteiger charge is -2.36. The summed E-state index contributed by atoms with van der Waals surface area (Å²) >= 11 is 0. The molecule has 2 aliphatic rings. The molecule has 1 unspecified atom stereocenters. The minimum Gasteiger partial charge on any atom is -0.311 e. The van der Waals surface area contributed by atoms with Gasteiger partial charge in [0.2, 0.25) is 0 Å². The molecular formula is C53H50N4. The molecule has 0 fully saturated rings. The van der Waals surface area contributed by atoms with Crippen molar-refractivity contribution in [3.63, 3.8) is 0 Å². The molecule has 7 rings (SSSR count). The molecule has 282 valence electrons. The maximum atomic E-state index is 9.77. The molecular weight excluding hydrogens is 693 g/mol. The van der Waals surface area contributed by atoms with E-state index in [9.17, 15) is 10.5 Å². The second kappa shape index (κ2) is 16.2. The van der Waals surface area contributed by atoms with Crippen LogP contribution < -0.4 is 9.80 Å². The van der Waals surface area contributed by atoms with E-state index in [2.05, 4.69) is 173 Å². The maximum absolute atomic E-state index is 9.77. The Bertz CT molecular complexity index is 2560. The van der Waals surface area contributed by atoms with Crippen molar-refractivity contribution in [2.45, 2.75) is 66.2 Å². The largest absolute Gasteiger partial charge is 0.311 e. The Labute approximate surface area is 339 Å². The van der Waals surface area contributed by atoms with Crippen LogP contribution in [0.2, 0.25) is 0 Å². The summed E-state index contributed by atoms with van der Waals surface area (Å²) in [5.41, 5.74) is 17.2. The number of nitriles is 2. The van der Waals surface area contributed by atoms with E-state index < -0.39 is 0 Å². The SMILES string of the molecule is C=Cc1c(-c2cc(N(c3ccc(C#N)cc3)c3cccc(C)c3)ccc2C)cc(N(C2=CCC(C#N)C=C2)c2cccc(C)c2)cc1C(C)(C)C1=C(C)CCC=C1. The van der Waals surface area contributed by atoms with Crippen LogP contribution in [0.1, 0.15) is 73.4 Å². The summed E-state index contributed by atoms with van der Waals surface area (Å²) in [5.74, 6) is -0.146. The van der Waals surface area contributed by atoms with E-state index in [-0.39, 0.29) is 11.3 Å². The third-order valence-electron chi connectivity index (χ3n) is 11.5. The number of anilines is 5. The van der Waals surface area contributed by atoms with Crippen LogP contribution in [-0.2, 0) is 5.41 Å². The quantitative estimate of drug-likeness (QED) is 0.143. The Morgan fingerprint density at radius 3 is 1.96 bits per heavy atom. The van der Waals surface area contributed by atoms with Gasteiger partial charge in [0, 0.05) is 39.5 Å². The lowest BCUT2D eigenvalue weighted by molar-refractivity contribution is 0.621. The Kier molecular flexibility index (Phi) is 11.0. The van der Waals surface area contributed by atoms with Crippen molar-refractivity contribution in [1.82, 2.24) is 0 Å². The van der Waals surface area contributed by atoms with Crippen LogP contribution in [0.5, 0.6) is 0 Å². The van der Waals surface area contributed by atoms with Crippen molar-refractivity contribution in [3.8, 4) is 23.3 Å². The highest BCUT2D eigenvalue weighted by Gasteiger charge is 2.32. The molecule has 0 saturated carbocycles. The normalized spacial score (nSPS) is 15.1. The third-order valence-corrected chi connectivity index (χ3v) is 11.5. The topological polar surface area (TPSA) is 54.1 Å². The molecule has 5 aromatic rings. The van der Waals surface area contributed by atoms with Crippen molar-refractivity contribution < 1.29 is 0 Å². The second-order valence-corrected chi connectivity index (χ2v) is 15.9. The molecule has 0 spiro atoms. The van der Waals surface area contributed by atoms with Gasteiger partial charge in [0.25, 0.3) is 0 Å². The number of nitrogens with zero attached hydrogens (tertiary/aromatic N) is 4. The molecule has 0 aliphatic heterocycles. The lowest BCUT2D eigenvalue weighted by atomic mass is 9.71. The van der Waals surface area contributed by atoms with E-state index in [1.165, 1.54) is 22.3 Å². The molecule has 4 nitrogen and oxygen atoms in total. The number of hydrogen-bond acceptors (Lipinski definition) is 4. The van der Waals surface area contributed by atoms with E-state index >= 15 is 0 Å².